The number of ketones is 1. The molecule has 1 aliphatic carbocycles. The Hall–Kier alpha value is -1.71. The number of pyridine rings is 1. The Labute approximate surface area is 126 Å². The Kier molecular flexibility index (Phi) is 4.76. The average Bonchev–Trinajstić information content (AvgIpc) is 2.75. The summed E-state index contributed by atoms with van der Waals surface area (Å²) in [6.45, 7) is 7.34. The van der Waals surface area contributed by atoms with E-state index in [2.05, 4.69) is 13.8 Å². The lowest BCUT2D eigenvalue weighted by Gasteiger charge is -2.20. The minimum Gasteiger partial charge on any atom is -0.455 e. The number of hydrogen-bond acceptors (Lipinski definition) is 3. The first-order valence-corrected chi connectivity index (χ1v) is 7.63. The van der Waals surface area contributed by atoms with E-state index in [0.29, 0.717) is 17.4 Å². The molecule has 0 spiro atoms. The summed E-state index contributed by atoms with van der Waals surface area (Å²) in [6, 6.07) is 3.80. The highest BCUT2D eigenvalue weighted by molar-refractivity contribution is 5.93. The van der Waals surface area contributed by atoms with Gasteiger partial charge in [0.1, 0.15) is 0 Å². The zero-order chi connectivity index (χ0) is 15.6. The first-order valence-electron chi connectivity index (χ1n) is 7.63. The second-order valence-corrected chi connectivity index (χ2v) is 6.00. The highest BCUT2D eigenvalue weighted by Gasteiger charge is 2.47. The summed E-state index contributed by atoms with van der Waals surface area (Å²) in [4.78, 5) is 23.0. The quantitative estimate of drug-likeness (QED) is 0.486. The van der Waals surface area contributed by atoms with Crippen LogP contribution in [-0.4, -0.2) is 17.9 Å². The van der Waals surface area contributed by atoms with Crippen molar-refractivity contribution in [2.24, 2.45) is 11.8 Å². The molecule has 0 bridgehead atoms. The van der Waals surface area contributed by atoms with Gasteiger partial charge in [-0.05, 0) is 18.9 Å². The number of Topliss-reactive ketones (excluding diaryl/α,β-unsaturated/α-hetero) is 1. The maximum Gasteiger partial charge on any atom is 0.303 e. The summed E-state index contributed by atoms with van der Waals surface area (Å²) in [5.74, 6) is 0.675. The van der Waals surface area contributed by atoms with Gasteiger partial charge in [0.05, 0.1) is 5.56 Å². The smallest absolute Gasteiger partial charge is 0.303 e. The zero-order valence-electron chi connectivity index (χ0n) is 13.2. The summed E-state index contributed by atoms with van der Waals surface area (Å²) in [5.41, 5.74) is 0.687. The Morgan fingerprint density at radius 1 is 1.38 bits per heavy atom. The monoisotopic (exact) mass is 290 g/mol. The molecular weight excluding hydrogens is 266 g/mol. The summed E-state index contributed by atoms with van der Waals surface area (Å²) in [5, 5.41) is 0. The SMILES string of the molecule is CC[C@H]1C[C@@H]([n+]2cccc(C(C)=O)c2)[C@H](OC(C)=O)[C@@H]1C. The van der Waals surface area contributed by atoms with E-state index in [1.54, 1.807) is 6.92 Å². The third-order valence-electron chi connectivity index (χ3n) is 4.62. The number of aromatic nitrogens is 1. The summed E-state index contributed by atoms with van der Waals surface area (Å²) in [7, 11) is 0. The molecule has 4 atom stereocenters. The van der Waals surface area contributed by atoms with Crippen LogP contribution in [0.1, 0.15) is 56.9 Å². The average molecular weight is 290 g/mol. The molecular formula is C17H24NO3+. The topological polar surface area (TPSA) is 47.2 Å². The van der Waals surface area contributed by atoms with E-state index in [4.69, 9.17) is 4.74 Å². The minimum absolute atomic E-state index is 0.0477. The largest absolute Gasteiger partial charge is 0.455 e. The molecule has 114 valence electrons. The molecule has 1 saturated carbocycles. The molecule has 0 unspecified atom stereocenters. The van der Waals surface area contributed by atoms with Gasteiger partial charge in [0, 0.05) is 25.3 Å². The van der Waals surface area contributed by atoms with Crippen molar-refractivity contribution in [2.45, 2.75) is 52.7 Å². The maximum atomic E-state index is 11.6. The molecule has 0 N–H and O–H groups in total. The van der Waals surface area contributed by atoms with Gasteiger partial charge in [-0.3, -0.25) is 9.59 Å². The van der Waals surface area contributed by atoms with Gasteiger partial charge in [-0.2, -0.15) is 4.57 Å². The second-order valence-electron chi connectivity index (χ2n) is 6.00. The number of carbonyl (C=O) groups excluding carboxylic acids is 2. The summed E-state index contributed by atoms with van der Waals surface area (Å²) < 4.78 is 7.62. The van der Waals surface area contributed by atoms with E-state index in [0.717, 1.165) is 12.8 Å². The van der Waals surface area contributed by atoms with E-state index in [9.17, 15) is 9.59 Å². The van der Waals surface area contributed by atoms with E-state index < -0.39 is 0 Å². The van der Waals surface area contributed by atoms with Crippen LogP contribution in [0.2, 0.25) is 0 Å². The Morgan fingerprint density at radius 2 is 2.10 bits per heavy atom. The molecule has 1 heterocycles. The first kappa shape index (κ1) is 15.7. The van der Waals surface area contributed by atoms with Crippen LogP contribution in [0.4, 0.5) is 0 Å². The predicted octanol–water partition coefficient (Wildman–Crippen LogP) is 2.72. The van der Waals surface area contributed by atoms with Crippen molar-refractivity contribution in [1.29, 1.82) is 0 Å². The molecule has 1 aromatic heterocycles. The molecule has 0 amide bonds. The molecule has 0 saturated heterocycles. The van der Waals surface area contributed by atoms with Crippen LogP contribution in [0, 0.1) is 11.8 Å². The number of esters is 1. The minimum atomic E-state index is -0.239. The van der Waals surface area contributed by atoms with E-state index in [1.807, 2.05) is 29.1 Å². The predicted molar refractivity (Wildman–Crippen MR) is 78.8 cm³/mol. The molecule has 1 aromatic rings. The zero-order valence-corrected chi connectivity index (χ0v) is 13.2. The van der Waals surface area contributed by atoms with E-state index >= 15 is 0 Å². The third-order valence-corrected chi connectivity index (χ3v) is 4.62. The fourth-order valence-electron chi connectivity index (χ4n) is 3.39. The van der Waals surface area contributed by atoms with Gasteiger partial charge in [0.25, 0.3) is 0 Å². The molecule has 4 nitrogen and oxygen atoms in total. The molecule has 0 aromatic carbocycles. The fraction of sp³-hybridized carbons (Fsp3) is 0.588. The molecule has 1 aliphatic rings. The van der Waals surface area contributed by atoms with E-state index in [1.165, 1.54) is 6.92 Å². The standard InChI is InChI=1S/C17H24NO3/c1-5-14-9-16(17(11(14)2)21-13(4)20)18-8-6-7-15(10-18)12(3)19/h6-8,10-11,14,16-17H,5,9H2,1-4H3/q+1/t11-,14+,16-,17-/m1/s1. The molecule has 0 aliphatic heterocycles. The normalized spacial score (nSPS) is 28.4. The van der Waals surface area contributed by atoms with Crippen LogP contribution >= 0.6 is 0 Å². The van der Waals surface area contributed by atoms with Gasteiger partial charge in [-0.25, -0.2) is 0 Å². The lowest BCUT2D eigenvalue weighted by atomic mass is 9.94. The van der Waals surface area contributed by atoms with Gasteiger partial charge in [0.2, 0.25) is 0 Å². The van der Waals surface area contributed by atoms with Gasteiger partial charge in [-0.1, -0.05) is 20.3 Å². The number of hydrogen-bond donors (Lipinski definition) is 0. The van der Waals surface area contributed by atoms with Crippen molar-refractivity contribution in [3.05, 3.63) is 30.1 Å². The van der Waals surface area contributed by atoms with Crippen molar-refractivity contribution in [3.8, 4) is 0 Å². The van der Waals surface area contributed by atoms with Crippen LogP contribution in [0.3, 0.4) is 0 Å². The third kappa shape index (κ3) is 3.31. The number of ether oxygens (including phenoxy) is 1. The highest BCUT2D eigenvalue weighted by atomic mass is 16.5. The van der Waals surface area contributed by atoms with Crippen LogP contribution in [-0.2, 0) is 9.53 Å². The van der Waals surface area contributed by atoms with Crippen molar-refractivity contribution >= 4 is 11.8 Å². The summed E-state index contributed by atoms with van der Waals surface area (Å²) >= 11 is 0. The van der Waals surface area contributed by atoms with Crippen molar-refractivity contribution in [3.63, 3.8) is 0 Å². The molecule has 1 fully saturated rings. The maximum absolute atomic E-state index is 11.6. The fourth-order valence-corrected chi connectivity index (χ4v) is 3.39. The summed E-state index contributed by atoms with van der Waals surface area (Å²) in [6.07, 6.45) is 5.75. The van der Waals surface area contributed by atoms with Crippen LogP contribution in [0.25, 0.3) is 0 Å². The van der Waals surface area contributed by atoms with Gasteiger partial charge in [-0.15, -0.1) is 0 Å². The van der Waals surface area contributed by atoms with Gasteiger partial charge in [0.15, 0.2) is 30.3 Å². The highest BCUT2D eigenvalue weighted by Crippen LogP contribution is 2.40. The van der Waals surface area contributed by atoms with Crippen molar-refractivity contribution in [2.75, 3.05) is 0 Å². The van der Waals surface area contributed by atoms with Crippen LogP contribution < -0.4 is 4.57 Å². The van der Waals surface area contributed by atoms with Gasteiger partial charge >= 0.3 is 5.97 Å². The molecule has 2 rings (SSSR count). The lowest BCUT2D eigenvalue weighted by Crippen LogP contribution is -2.45. The Bertz CT molecular complexity index is 541. The molecule has 0 radical (unpaired) electrons. The molecule has 21 heavy (non-hydrogen) atoms. The Balaban J connectivity index is 2.33. The number of rotatable bonds is 4. The lowest BCUT2D eigenvalue weighted by molar-refractivity contribution is -0.728. The Morgan fingerprint density at radius 3 is 2.67 bits per heavy atom. The molecule has 4 heteroatoms. The number of carbonyl (C=O) groups is 2. The first-order chi connectivity index (χ1) is 9.93. The van der Waals surface area contributed by atoms with Crippen molar-refractivity contribution in [1.82, 2.24) is 0 Å². The van der Waals surface area contributed by atoms with E-state index in [-0.39, 0.29) is 23.9 Å². The van der Waals surface area contributed by atoms with Gasteiger partial charge < -0.3 is 4.74 Å². The number of nitrogens with zero attached hydrogens (tertiary/aromatic N) is 1. The van der Waals surface area contributed by atoms with Crippen molar-refractivity contribution < 1.29 is 18.9 Å². The van der Waals surface area contributed by atoms with Crippen LogP contribution in [0.15, 0.2) is 24.5 Å². The van der Waals surface area contributed by atoms with Crippen LogP contribution in [0.5, 0.6) is 0 Å². The second kappa shape index (κ2) is 6.37.